The summed E-state index contributed by atoms with van der Waals surface area (Å²) < 4.78 is 5.59. The van der Waals surface area contributed by atoms with Crippen LogP contribution < -0.4 is 16.4 Å². The van der Waals surface area contributed by atoms with Gasteiger partial charge in [0.25, 0.3) is 0 Å². The number of benzene rings is 1. The summed E-state index contributed by atoms with van der Waals surface area (Å²) in [6.07, 6.45) is 2.64. The monoisotopic (exact) mass is 367 g/mol. The highest BCUT2D eigenvalue weighted by Crippen LogP contribution is 2.35. The van der Waals surface area contributed by atoms with Gasteiger partial charge in [0.2, 0.25) is 11.8 Å². The molecular formula is C18H26ClN3O3. The maximum atomic E-state index is 12.2. The van der Waals surface area contributed by atoms with E-state index in [0.29, 0.717) is 25.9 Å². The lowest BCUT2D eigenvalue weighted by Gasteiger charge is -2.14. The van der Waals surface area contributed by atoms with Crippen LogP contribution >= 0.6 is 12.4 Å². The van der Waals surface area contributed by atoms with E-state index in [1.165, 1.54) is 5.56 Å². The van der Waals surface area contributed by atoms with Gasteiger partial charge < -0.3 is 21.1 Å². The highest BCUT2D eigenvalue weighted by molar-refractivity contribution is 6.03. The number of anilines is 1. The summed E-state index contributed by atoms with van der Waals surface area (Å²) in [6.45, 7) is 3.00. The lowest BCUT2D eigenvalue weighted by molar-refractivity contribution is -0.132. The molecule has 1 fully saturated rings. The SMILES string of the molecule is CCc1ccc2c(c1)C(CCNC(=O)[C@@H]1CC[C@H](CN)O1)C(=O)N2.Cl. The first-order chi connectivity index (χ1) is 11.6. The third kappa shape index (κ3) is 4.32. The van der Waals surface area contributed by atoms with Gasteiger partial charge in [-0.2, -0.15) is 0 Å². The number of rotatable bonds is 6. The van der Waals surface area contributed by atoms with Crippen LogP contribution in [0.3, 0.4) is 0 Å². The van der Waals surface area contributed by atoms with E-state index in [-0.39, 0.29) is 36.2 Å². The van der Waals surface area contributed by atoms with Crippen molar-refractivity contribution in [3.8, 4) is 0 Å². The van der Waals surface area contributed by atoms with Gasteiger partial charge in [-0.25, -0.2) is 0 Å². The first-order valence-electron chi connectivity index (χ1n) is 8.69. The number of halogens is 1. The Hall–Kier alpha value is -1.63. The summed E-state index contributed by atoms with van der Waals surface area (Å²) >= 11 is 0. The Balaban J connectivity index is 0.00000225. The van der Waals surface area contributed by atoms with E-state index in [2.05, 4.69) is 23.6 Å². The molecule has 2 aliphatic rings. The average Bonchev–Trinajstić information content (AvgIpc) is 3.19. The zero-order valence-corrected chi connectivity index (χ0v) is 15.2. The normalized spacial score (nSPS) is 24.4. The van der Waals surface area contributed by atoms with Gasteiger partial charge in [-0.05, 0) is 42.9 Å². The second-order valence-corrected chi connectivity index (χ2v) is 6.46. The summed E-state index contributed by atoms with van der Waals surface area (Å²) in [6, 6.07) is 6.09. The standard InChI is InChI=1S/C18H25N3O3.ClH/c1-2-11-3-5-15-14(9-11)13(17(22)21-15)7-8-20-18(23)16-6-4-12(10-19)24-16;/h3,5,9,12-13,16H,2,4,6-8,10,19H2,1H3,(H,20,23)(H,21,22);1H/t12-,13?,16+;/m1./s1. The Morgan fingerprint density at radius 1 is 1.40 bits per heavy atom. The molecule has 0 bridgehead atoms. The van der Waals surface area contributed by atoms with Gasteiger partial charge in [0.15, 0.2) is 0 Å². The minimum Gasteiger partial charge on any atom is -0.364 e. The van der Waals surface area contributed by atoms with Crippen LogP contribution in [0.15, 0.2) is 18.2 Å². The number of nitrogens with two attached hydrogens (primary N) is 1. The molecule has 6 nitrogen and oxygen atoms in total. The number of hydrogen-bond donors (Lipinski definition) is 3. The Morgan fingerprint density at radius 2 is 2.20 bits per heavy atom. The van der Waals surface area contributed by atoms with E-state index in [9.17, 15) is 9.59 Å². The summed E-state index contributed by atoms with van der Waals surface area (Å²) in [5.41, 5.74) is 8.70. The van der Waals surface area contributed by atoms with Gasteiger partial charge in [0.05, 0.1) is 12.0 Å². The van der Waals surface area contributed by atoms with Crippen molar-refractivity contribution in [2.24, 2.45) is 5.73 Å². The number of fused-ring (bicyclic) bond motifs is 1. The Bertz CT molecular complexity index is 638. The fourth-order valence-corrected chi connectivity index (χ4v) is 3.41. The van der Waals surface area contributed by atoms with Crippen molar-refractivity contribution in [1.29, 1.82) is 0 Å². The van der Waals surface area contributed by atoms with Crippen LogP contribution in [0.4, 0.5) is 5.69 Å². The van der Waals surface area contributed by atoms with Crippen LogP contribution in [0.25, 0.3) is 0 Å². The molecule has 4 N–H and O–H groups in total. The largest absolute Gasteiger partial charge is 0.364 e. The van der Waals surface area contributed by atoms with E-state index in [1.54, 1.807) is 0 Å². The summed E-state index contributed by atoms with van der Waals surface area (Å²) in [5.74, 6) is -0.298. The number of nitrogens with one attached hydrogen (secondary N) is 2. The predicted octanol–water partition coefficient (Wildman–Crippen LogP) is 1.72. The van der Waals surface area contributed by atoms with Crippen LogP contribution in [0.1, 0.15) is 43.2 Å². The minimum absolute atomic E-state index is 0. The van der Waals surface area contributed by atoms with Crippen LogP contribution in [-0.2, 0) is 20.7 Å². The summed E-state index contributed by atoms with van der Waals surface area (Å²) in [7, 11) is 0. The molecule has 0 radical (unpaired) electrons. The maximum absolute atomic E-state index is 12.2. The quantitative estimate of drug-likeness (QED) is 0.713. The molecule has 1 unspecified atom stereocenters. The van der Waals surface area contributed by atoms with Gasteiger partial charge in [0, 0.05) is 18.8 Å². The fraction of sp³-hybridized carbons (Fsp3) is 0.556. The van der Waals surface area contributed by atoms with E-state index in [0.717, 1.165) is 24.1 Å². The minimum atomic E-state index is -0.407. The van der Waals surface area contributed by atoms with E-state index in [4.69, 9.17) is 10.5 Å². The van der Waals surface area contributed by atoms with Crippen molar-refractivity contribution < 1.29 is 14.3 Å². The van der Waals surface area contributed by atoms with Crippen molar-refractivity contribution in [3.05, 3.63) is 29.3 Å². The number of carbonyl (C=O) groups is 2. The van der Waals surface area contributed by atoms with Crippen molar-refractivity contribution in [1.82, 2.24) is 5.32 Å². The first kappa shape index (κ1) is 19.7. The molecule has 0 aromatic heterocycles. The number of hydrogen-bond acceptors (Lipinski definition) is 4. The number of carbonyl (C=O) groups excluding carboxylic acids is 2. The molecule has 3 rings (SSSR count). The first-order valence-corrected chi connectivity index (χ1v) is 8.69. The molecule has 2 aliphatic heterocycles. The molecule has 1 aromatic carbocycles. The number of ether oxygens (including phenoxy) is 1. The molecule has 0 aliphatic carbocycles. The molecule has 1 aromatic rings. The van der Waals surface area contributed by atoms with Crippen molar-refractivity contribution in [2.75, 3.05) is 18.4 Å². The van der Waals surface area contributed by atoms with Crippen LogP contribution in [0.2, 0.25) is 0 Å². The molecule has 25 heavy (non-hydrogen) atoms. The van der Waals surface area contributed by atoms with Crippen molar-refractivity contribution >= 4 is 29.9 Å². The van der Waals surface area contributed by atoms with E-state index >= 15 is 0 Å². The summed E-state index contributed by atoms with van der Waals surface area (Å²) in [4.78, 5) is 24.3. The average molecular weight is 368 g/mol. The van der Waals surface area contributed by atoms with Crippen molar-refractivity contribution in [3.63, 3.8) is 0 Å². The molecule has 3 atom stereocenters. The number of aryl methyl sites for hydroxylation is 1. The smallest absolute Gasteiger partial charge is 0.249 e. The van der Waals surface area contributed by atoms with Crippen LogP contribution in [-0.4, -0.2) is 37.1 Å². The zero-order valence-electron chi connectivity index (χ0n) is 14.4. The van der Waals surface area contributed by atoms with Gasteiger partial charge in [-0.1, -0.05) is 19.1 Å². The molecule has 1 saturated heterocycles. The molecule has 7 heteroatoms. The lowest BCUT2D eigenvalue weighted by Crippen LogP contribution is -2.36. The van der Waals surface area contributed by atoms with E-state index in [1.807, 2.05) is 12.1 Å². The van der Waals surface area contributed by atoms with Crippen molar-refractivity contribution in [2.45, 2.75) is 50.7 Å². The molecular weight excluding hydrogens is 342 g/mol. The molecule has 2 amide bonds. The van der Waals surface area contributed by atoms with Gasteiger partial charge in [-0.15, -0.1) is 12.4 Å². The third-order valence-corrected chi connectivity index (χ3v) is 4.87. The Kier molecular flexibility index (Phi) is 6.81. The molecule has 138 valence electrons. The Labute approximate surface area is 154 Å². The van der Waals surface area contributed by atoms with Gasteiger partial charge >= 0.3 is 0 Å². The van der Waals surface area contributed by atoms with Gasteiger partial charge in [0.1, 0.15) is 6.10 Å². The maximum Gasteiger partial charge on any atom is 0.249 e. The fourth-order valence-electron chi connectivity index (χ4n) is 3.41. The Morgan fingerprint density at radius 3 is 2.88 bits per heavy atom. The zero-order chi connectivity index (χ0) is 17.1. The second-order valence-electron chi connectivity index (χ2n) is 6.46. The van der Waals surface area contributed by atoms with Gasteiger partial charge in [-0.3, -0.25) is 9.59 Å². The summed E-state index contributed by atoms with van der Waals surface area (Å²) in [5, 5.41) is 5.81. The molecule has 0 saturated carbocycles. The molecule has 0 spiro atoms. The lowest BCUT2D eigenvalue weighted by atomic mass is 9.95. The third-order valence-electron chi connectivity index (χ3n) is 4.87. The second kappa shape index (κ2) is 8.65. The number of amides is 2. The van der Waals surface area contributed by atoms with Crippen LogP contribution in [0, 0.1) is 0 Å². The van der Waals surface area contributed by atoms with Crippen LogP contribution in [0.5, 0.6) is 0 Å². The molecule has 2 heterocycles. The highest BCUT2D eigenvalue weighted by atomic mass is 35.5. The van der Waals surface area contributed by atoms with E-state index < -0.39 is 6.10 Å². The topological polar surface area (TPSA) is 93.5 Å². The highest BCUT2D eigenvalue weighted by Gasteiger charge is 2.32. The predicted molar refractivity (Wildman–Crippen MR) is 99.0 cm³/mol.